The van der Waals surface area contributed by atoms with E-state index in [4.69, 9.17) is 20.5 Å². The molecule has 170 valence electrons. The molecule has 0 bridgehead atoms. The number of phenols is 2. The monoisotopic (exact) mass is 465 g/mol. The molecule has 6 nitrogen and oxygen atoms in total. The second kappa shape index (κ2) is 9.96. The summed E-state index contributed by atoms with van der Waals surface area (Å²) >= 11 is 6.06. The zero-order valence-corrected chi connectivity index (χ0v) is 18.9. The van der Waals surface area contributed by atoms with Crippen molar-refractivity contribution in [3.63, 3.8) is 0 Å². The average molecular weight is 466 g/mol. The normalized spacial score (nSPS) is 11.1. The molecule has 33 heavy (non-hydrogen) atoms. The fourth-order valence-electron chi connectivity index (χ4n) is 3.78. The Kier molecular flexibility index (Phi) is 6.84. The first-order valence-corrected chi connectivity index (χ1v) is 11.2. The van der Waals surface area contributed by atoms with Crippen LogP contribution in [0.2, 0.25) is 5.02 Å². The van der Waals surface area contributed by atoms with Crippen LogP contribution in [0.1, 0.15) is 47.8 Å². The lowest BCUT2D eigenvalue weighted by Gasteiger charge is -2.08. The number of aromatic hydroxyl groups is 2. The van der Waals surface area contributed by atoms with E-state index in [1.54, 1.807) is 12.5 Å². The third-order valence-electron chi connectivity index (χ3n) is 5.50. The Morgan fingerprint density at radius 2 is 1.79 bits per heavy atom. The first-order valence-electron chi connectivity index (χ1n) is 10.8. The number of aromatic nitrogens is 1. The van der Waals surface area contributed by atoms with Gasteiger partial charge in [-0.3, -0.25) is 4.79 Å². The fraction of sp³-hybridized carbons (Fsp3) is 0.231. The molecule has 0 amide bonds. The molecule has 0 fully saturated rings. The molecule has 0 saturated carbocycles. The number of hydrogen-bond donors (Lipinski definition) is 2. The van der Waals surface area contributed by atoms with Gasteiger partial charge in [0.2, 0.25) is 0 Å². The van der Waals surface area contributed by atoms with Crippen LogP contribution in [0.25, 0.3) is 22.5 Å². The number of furan rings is 1. The number of Topliss-reactive ketones (excluding diaryl/α,β-unsaturated/α-hetero) is 1. The highest BCUT2D eigenvalue weighted by atomic mass is 35.5. The highest BCUT2D eigenvalue weighted by Crippen LogP contribution is 2.43. The molecule has 4 aromatic rings. The number of aryl methyl sites for hydroxylation is 2. The number of halogens is 1. The second-order valence-corrected chi connectivity index (χ2v) is 8.32. The van der Waals surface area contributed by atoms with Crippen molar-refractivity contribution < 1.29 is 23.9 Å². The SMILES string of the molecule is CCCC(=O)c1noc(-c2cc(Cl)c(O)cc2O)c1-c1ccc(CCCc2ccoc2)cc1. The fourth-order valence-corrected chi connectivity index (χ4v) is 3.94. The number of rotatable bonds is 9. The van der Waals surface area contributed by atoms with Crippen LogP contribution in [-0.4, -0.2) is 21.2 Å². The van der Waals surface area contributed by atoms with Gasteiger partial charge in [-0.2, -0.15) is 0 Å². The Balaban J connectivity index is 1.67. The summed E-state index contributed by atoms with van der Waals surface area (Å²) in [4.78, 5) is 12.8. The standard InChI is InChI=1S/C26H24ClNO5/c1-2-4-21(29)25-24(26(33-28-25)19-13-20(27)23(31)14-22(19)30)18-9-7-16(8-10-18)5-3-6-17-11-12-32-15-17/h7-15,30-31H,2-6H2,1H3. The Morgan fingerprint density at radius 3 is 2.48 bits per heavy atom. The zero-order valence-electron chi connectivity index (χ0n) is 18.2. The molecule has 0 aliphatic heterocycles. The van der Waals surface area contributed by atoms with Crippen molar-refractivity contribution in [2.45, 2.75) is 39.0 Å². The molecule has 0 saturated heterocycles. The van der Waals surface area contributed by atoms with Crippen molar-refractivity contribution in [3.05, 3.63) is 76.8 Å². The maximum Gasteiger partial charge on any atom is 0.185 e. The summed E-state index contributed by atoms with van der Waals surface area (Å²) in [6.07, 6.45) is 7.26. The topological polar surface area (TPSA) is 96.7 Å². The van der Waals surface area contributed by atoms with Crippen LogP contribution < -0.4 is 0 Å². The minimum Gasteiger partial charge on any atom is -0.507 e. The van der Waals surface area contributed by atoms with Gasteiger partial charge in [0.1, 0.15) is 11.5 Å². The lowest BCUT2D eigenvalue weighted by molar-refractivity contribution is 0.0973. The van der Waals surface area contributed by atoms with Gasteiger partial charge < -0.3 is 19.2 Å². The quantitative estimate of drug-likeness (QED) is 0.263. The number of nitrogens with zero attached hydrogens (tertiary/aromatic N) is 1. The van der Waals surface area contributed by atoms with Gasteiger partial charge in [0.15, 0.2) is 17.2 Å². The van der Waals surface area contributed by atoms with E-state index >= 15 is 0 Å². The number of hydrogen-bond acceptors (Lipinski definition) is 6. The molecule has 2 aromatic carbocycles. The van der Waals surface area contributed by atoms with Gasteiger partial charge in [-0.25, -0.2) is 0 Å². The first-order chi connectivity index (χ1) is 16.0. The molecule has 4 rings (SSSR count). The Hall–Kier alpha value is -3.51. The van der Waals surface area contributed by atoms with Crippen molar-refractivity contribution in [2.24, 2.45) is 0 Å². The van der Waals surface area contributed by atoms with E-state index in [0.29, 0.717) is 18.4 Å². The molecule has 0 atom stereocenters. The summed E-state index contributed by atoms with van der Waals surface area (Å²) in [5, 5.41) is 24.3. The first kappa shape index (κ1) is 22.7. The van der Waals surface area contributed by atoms with Gasteiger partial charge in [0.25, 0.3) is 0 Å². The highest BCUT2D eigenvalue weighted by molar-refractivity contribution is 6.32. The van der Waals surface area contributed by atoms with E-state index in [9.17, 15) is 15.0 Å². The number of phenolic OH excluding ortho intramolecular Hbond substituents is 2. The van der Waals surface area contributed by atoms with E-state index in [2.05, 4.69) is 5.16 Å². The minimum atomic E-state index is -0.249. The van der Waals surface area contributed by atoms with Gasteiger partial charge >= 0.3 is 0 Å². The molecule has 0 aliphatic rings. The number of ketones is 1. The highest BCUT2D eigenvalue weighted by Gasteiger charge is 2.26. The molecule has 0 radical (unpaired) electrons. The van der Waals surface area contributed by atoms with Crippen molar-refractivity contribution in [1.82, 2.24) is 5.16 Å². The molecule has 2 aromatic heterocycles. The summed E-state index contributed by atoms with van der Waals surface area (Å²) in [6, 6.07) is 12.4. The molecule has 0 spiro atoms. The molecular formula is C26H24ClNO5. The lowest BCUT2D eigenvalue weighted by atomic mass is 9.95. The lowest BCUT2D eigenvalue weighted by Crippen LogP contribution is -2.01. The predicted octanol–water partition coefficient (Wildman–Crippen LogP) is 6.82. The maximum absolute atomic E-state index is 12.8. The van der Waals surface area contributed by atoms with Crippen molar-refractivity contribution >= 4 is 17.4 Å². The zero-order chi connectivity index (χ0) is 23.4. The second-order valence-electron chi connectivity index (χ2n) is 7.91. The van der Waals surface area contributed by atoms with Gasteiger partial charge in [-0.15, -0.1) is 0 Å². The molecule has 0 aliphatic carbocycles. The molecule has 2 heterocycles. The summed E-state index contributed by atoms with van der Waals surface area (Å²) in [6.45, 7) is 1.92. The van der Waals surface area contributed by atoms with Gasteiger partial charge in [0, 0.05) is 12.5 Å². The van der Waals surface area contributed by atoms with Crippen LogP contribution in [-0.2, 0) is 12.8 Å². The van der Waals surface area contributed by atoms with Crippen LogP contribution in [0, 0.1) is 0 Å². The van der Waals surface area contributed by atoms with E-state index in [-0.39, 0.29) is 39.3 Å². The van der Waals surface area contributed by atoms with Crippen LogP contribution >= 0.6 is 11.6 Å². The van der Waals surface area contributed by atoms with Crippen LogP contribution in [0.5, 0.6) is 11.5 Å². The molecule has 0 unspecified atom stereocenters. The third kappa shape index (κ3) is 4.96. The summed E-state index contributed by atoms with van der Waals surface area (Å²) in [7, 11) is 0. The van der Waals surface area contributed by atoms with Crippen LogP contribution in [0.3, 0.4) is 0 Å². The predicted molar refractivity (Wildman–Crippen MR) is 126 cm³/mol. The molecular weight excluding hydrogens is 442 g/mol. The summed E-state index contributed by atoms with van der Waals surface area (Å²) in [5.41, 5.74) is 4.04. The van der Waals surface area contributed by atoms with Crippen molar-refractivity contribution in [3.8, 4) is 33.9 Å². The average Bonchev–Trinajstić information content (AvgIpc) is 3.47. The Labute approximate surface area is 196 Å². The molecule has 2 N–H and O–H groups in total. The van der Waals surface area contributed by atoms with Crippen LogP contribution in [0.15, 0.2) is 63.9 Å². The van der Waals surface area contributed by atoms with E-state index in [1.807, 2.05) is 37.3 Å². The summed E-state index contributed by atoms with van der Waals surface area (Å²) < 4.78 is 10.6. The number of benzene rings is 2. The smallest absolute Gasteiger partial charge is 0.185 e. The van der Waals surface area contributed by atoms with Crippen molar-refractivity contribution in [2.75, 3.05) is 0 Å². The third-order valence-corrected chi connectivity index (χ3v) is 5.80. The van der Waals surface area contributed by atoms with Gasteiger partial charge in [-0.1, -0.05) is 47.9 Å². The number of carbonyl (C=O) groups is 1. The van der Waals surface area contributed by atoms with Gasteiger partial charge in [-0.05, 0) is 54.5 Å². The van der Waals surface area contributed by atoms with Crippen molar-refractivity contribution in [1.29, 1.82) is 0 Å². The Bertz CT molecular complexity index is 1240. The van der Waals surface area contributed by atoms with E-state index < -0.39 is 0 Å². The largest absolute Gasteiger partial charge is 0.507 e. The van der Waals surface area contributed by atoms with Gasteiger partial charge in [0.05, 0.1) is 28.7 Å². The minimum absolute atomic E-state index is 0.0551. The Morgan fingerprint density at radius 1 is 1.03 bits per heavy atom. The molecule has 7 heteroatoms. The maximum atomic E-state index is 12.8. The number of carbonyl (C=O) groups excluding carboxylic acids is 1. The summed E-state index contributed by atoms with van der Waals surface area (Å²) in [5.74, 6) is -0.390. The van der Waals surface area contributed by atoms with Crippen LogP contribution in [0.4, 0.5) is 0 Å². The van der Waals surface area contributed by atoms with E-state index in [1.165, 1.54) is 11.6 Å². The van der Waals surface area contributed by atoms with E-state index in [0.717, 1.165) is 36.5 Å².